The van der Waals surface area contributed by atoms with E-state index in [-0.39, 0.29) is 17.1 Å². The molecule has 2 N–H and O–H groups in total. The van der Waals surface area contributed by atoms with Crippen molar-refractivity contribution in [3.05, 3.63) is 98.8 Å². The number of thiophene rings is 1. The molecule has 0 aliphatic heterocycles. The van der Waals surface area contributed by atoms with Crippen LogP contribution in [0.2, 0.25) is 0 Å². The molecule has 0 radical (unpaired) electrons. The van der Waals surface area contributed by atoms with Crippen LogP contribution in [-0.4, -0.2) is 47.0 Å². The number of aromatic amines is 1. The highest BCUT2D eigenvalue weighted by Crippen LogP contribution is 2.38. The molecule has 0 spiro atoms. The fourth-order valence-corrected chi connectivity index (χ4v) is 4.96. The van der Waals surface area contributed by atoms with Gasteiger partial charge < -0.3 is 19.5 Å². The maximum absolute atomic E-state index is 13.4. The molecule has 0 bridgehead atoms. The van der Waals surface area contributed by atoms with Crippen molar-refractivity contribution in [1.29, 1.82) is 0 Å². The van der Waals surface area contributed by atoms with Gasteiger partial charge in [-0.25, -0.2) is 4.98 Å². The molecule has 0 atom stereocenters. The number of rotatable bonds is 9. The molecule has 0 aliphatic rings. The number of hydrogen-bond donors (Lipinski definition) is 2. The first-order valence-corrected chi connectivity index (χ1v) is 13.2. The number of amides is 1. The van der Waals surface area contributed by atoms with E-state index in [1.54, 1.807) is 25.1 Å². The minimum absolute atomic E-state index is 0.183. The molecule has 0 fully saturated rings. The summed E-state index contributed by atoms with van der Waals surface area (Å²) in [6.45, 7) is 1.79. The first-order valence-electron chi connectivity index (χ1n) is 12.3. The fourth-order valence-electron chi connectivity index (χ4n) is 4.28. The van der Waals surface area contributed by atoms with E-state index < -0.39 is 5.91 Å². The third kappa shape index (κ3) is 5.32. The number of nitrogens with zero attached hydrogens (tertiary/aromatic N) is 3. The molecule has 3 heterocycles. The van der Waals surface area contributed by atoms with Gasteiger partial charge >= 0.3 is 0 Å². The molecule has 11 heteroatoms. The van der Waals surface area contributed by atoms with Crippen LogP contribution in [-0.2, 0) is 6.42 Å². The molecule has 2 aromatic carbocycles. The Morgan fingerprint density at radius 3 is 2.33 bits per heavy atom. The summed E-state index contributed by atoms with van der Waals surface area (Å²) < 4.78 is 17.6. The van der Waals surface area contributed by atoms with Gasteiger partial charge in [-0.15, -0.1) is 11.3 Å². The Kier molecular flexibility index (Phi) is 7.65. The molecule has 5 aromatic rings. The number of benzene rings is 2. The second kappa shape index (κ2) is 11.5. The van der Waals surface area contributed by atoms with E-state index in [9.17, 15) is 9.59 Å². The van der Waals surface area contributed by atoms with E-state index in [2.05, 4.69) is 20.4 Å². The topological polar surface area (TPSA) is 120 Å². The molecule has 0 saturated carbocycles. The van der Waals surface area contributed by atoms with Gasteiger partial charge in [0.1, 0.15) is 11.5 Å². The zero-order valence-corrected chi connectivity index (χ0v) is 23.2. The molecule has 40 heavy (non-hydrogen) atoms. The number of aryl methyl sites for hydroxylation is 1. The van der Waals surface area contributed by atoms with Crippen molar-refractivity contribution in [1.82, 2.24) is 19.7 Å². The highest BCUT2D eigenvalue weighted by Gasteiger charge is 2.21. The van der Waals surface area contributed by atoms with E-state index in [0.717, 1.165) is 10.4 Å². The van der Waals surface area contributed by atoms with Crippen LogP contribution in [0.4, 0.5) is 5.82 Å². The second-order valence-electron chi connectivity index (χ2n) is 8.79. The van der Waals surface area contributed by atoms with Crippen LogP contribution in [0.15, 0.2) is 70.8 Å². The first-order chi connectivity index (χ1) is 19.4. The number of carbonyl (C=O) groups is 1. The number of aromatic nitrogens is 4. The zero-order chi connectivity index (χ0) is 28.2. The Bertz CT molecular complexity index is 1690. The largest absolute Gasteiger partial charge is 0.493 e. The molecule has 0 unspecified atom stereocenters. The molecular formula is C29H27N5O5S. The number of H-pyrrole nitrogens is 1. The van der Waals surface area contributed by atoms with Crippen LogP contribution in [0.3, 0.4) is 0 Å². The average molecular weight is 558 g/mol. The lowest BCUT2D eigenvalue weighted by atomic mass is 10.1. The van der Waals surface area contributed by atoms with E-state index in [4.69, 9.17) is 14.2 Å². The van der Waals surface area contributed by atoms with E-state index in [0.29, 0.717) is 46.4 Å². The van der Waals surface area contributed by atoms with Crippen LogP contribution < -0.4 is 25.1 Å². The van der Waals surface area contributed by atoms with Crippen molar-refractivity contribution in [3.8, 4) is 33.8 Å². The van der Waals surface area contributed by atoms with Crippen molar-refractivity contribution in [2.45, 2.75) is 13.3 Å². The van der Waals surface area contributed by atoms with Crippen LogP contribution in [0.25, 0.3) is 16.5 Å². The molecule has 5 rings (SSSR count). The molecule has 1 amide bonds. The van der Waals surface area contributed by atoms with Crippen molar-refractivity contribution in [2.75, 3.05) is 26.6 Å². The molecule has 0 saturated heterocycles. The van der Waals surface area contributed by atoms with Crippen molar-refractivity contribution in [2.24, 2.45) is 0 Å². The lowest BCUT2D eigenvalue weighted by Crippen LogP contribution is -2.22. The number of ether oxygens (including phenoxy) is 3. The normalized spacial score (nSPS) is 10.8. The third-order valence-corrected chi connectivity index (χ3v) is 7.18. The number of anilines is 1. The average Bonchev–Trinajstić information content (AvgIpc) is 3.65. The van der Waals surface area contributed by atoms with Gasteiger partial charge in [0.15, 0.2) is 11.5 Å². The van der Waals surface area contributed by atoms with E-state index in [1.807, 2.05) is 47.8 Å². The second-order valence-corrected chi connectivity index (χ2v) is 9.74. The maximum atomic E-state index is 13.4. The maximum Gasteiger partial charge on any atom is 0.257 e. The van der Waals surface area contributed by atoms with Crippen LogP contribution in [0.5, 0.6) is 17.2 Å². The first kappa shape index (κ1) is 26.7. The minimum Gasteiger partial charge on any atom is -0.493 e. The molecule has 0 aliphatic carbocycles. The van der Waals surface area contributed by atoms with E-state index in [1.165, 1.54) is 37.3 Å². The van der Waals surface area contributed by atoms with Gasteiger partial charge in [0.25, 0.3) is 11.5 Å². The SMILES string of the molecule is COc1cc(C(=O)Nc2cc(-c3cccs3)nn2-c2nc(C)c(Cc3ccccc3)c(=O)[nH]2)cc(OC)c1OC. The number of methoxy groups -OCH3 is 3. The summed E-state index contributed by atoms with van der Waals surface area (Å²) in [6.07, 6.45) is 0.444. The van der Waals surface area contributed by atoms with Crippen molar-refractivity contribution >= 4 is 23.1 Å². The quantitative estimate of drug-likeness (QED) is 0.266. The highest BCUT2D eigenvalue weighted by atomic mass is 32.1. The van der Waals surface area contributed by atoms with Crippen LogP contribution >= 0.6 is 11.3 Å². The van der Waals surface area contributed by atoms with E-state index >= 15 is 0 Å². The molecule has 10 nitrogen and oxygen atoms in total. The smallest absolute Gasteiger partial charge is 0.257 e. The van der Waals surface area contributed by atoms with Crippen molar-refractivity contribution in [3.63, 3.8) is 0 Å². The van der Waals surface area contributed by atoms with Gasteiger partial charge in [-0.3, -0.25) is 14.6 Å². The Labute approximate surface area is 234 Å². The van der Waals surface area contributed by atoms with Crippen molar-refractivity contribution < 1.29 is 19.0 Å². The number of hydrogen-bond acceptors (Lipinski definition) is 8. The Hall–Kier alpha value is -4.90. The summed E-state index contributed by atoms with van der Waals surface area (Å²) in [5, 5.41) is 9.50. The summed E-state index contributed by atoms with van der Waals surface area (Å²) in [7, 11) is 4.45. The predicted molar refractivity (Wildman–Crippen MR) is 153 cm³/mol. The fraction of sp³-hybridized carbons (Fsp3) is 0.172. The lowest BCUT2D eigenvalue weighted by Gasteiger charge is -2.14. The van der Waals surface area contributed by atoms with Crippen LogP contribution in [0.1, 0.15) is 27.2 Å². The lowest BCUT2D eigenvalue weighted by molar-refractivity contribution is 0.102. The summed E-state index contributed by atoms with van der Waals surface area (Å²) in [6, 6.07) is 18.4. The Morgan fingerprint density at radius 2 is 1.73 bits per heavy atom. The highest BCUT2D eigenvalue weighted by molar-refractivity contribution is 7.13. The zero-order valence-electron chi connectivity index (χ0n) is 22.3. The van der Waals surface area contributed by atoms with Gasteiger partial charge in [-0.05, 0) is 36.1 Å². The minimum atomic E-state index is -0.446. The van der Waals surface area contributed by atoms with Gasteiger partial charge in [0.05, 0.1) is 31.9 Å². The molecular weight excluding hydrogens is 530 g/mol. The van der Waals surface area contributed by atoms with Gasteiger partial charge in [-0.2, -0.15) is 9.78 Å². The number of carbonyl (C=O) groups excluding carboxylic acids is 1. The third-order valence-electron chi connectivity index (χ3n) is 6.29. The summed E-state index contributed by atoms with van der Waals surface area (Å²) in [4.78, 5) is 35.0. The number of nitrogens with one attached hydrogen (secondary N) is 2. The van der Waals surface area contributed by atoms with Gasteiger partial charge in [0, 0.05) is 23.6 Å². The standard InChI is InChI=1S/C29H27N5O5S/c1-17-20(13-18-9-6-5-7-10-18)28(36)32-29(30-17)34-25(16-21(33-34)24-11-8-12-40-24)31-27(35)19-14-22(37-2)26(39-4)23(15-19)38-3/h5-12,14-16H,13H2,1-4H3,(H,31,35)(H,30,32,36). The Morgan fingerprint density at radius 1 is 1.00 bits per heavy atom. The molecule has 3 aromatic heterocycles. The Balaban J connectivity index is 1.54. The predicted octanol–water partition coefficient (Wildman–Crippen LogP) is 4.86. The van der Waals surface area contributed by atoms with Gasteiger partial charge in [0.2, 0.25) is 11.7 Å². The van der Waals surface area contributed by atoms with Gasteiger partial charge in [-0.1, -0.05) is 36.4 Å². The summed E-state index contributed by atoms with van der Waals surface area (Å²) in [5.41, 5.74) is 2.74. The summed E-state index contributed by atoms with van der Waals surface area (Å²) >= 11 is 1.50. The van der Waals surface area contributed by atoms with Crippen LogP contribution in [0, 0.1) is 6.92 Å². The molecule has 204 valence electrons. The monoisotopic (exact) mass is 557 g/mol. The summed E-state index contributed by atoms with van der Waals surface area (Å²) in [5.74, 6) is 1.12.